The number of sulfonamides is 1. The Morgan fingerprint density at radius 2 is 2.21 bits per heavy atom. The van der Waals surface area contributed by atoms with Gasteiger partial charge in [-0.15, -0.1) is 0 Å². The zero-order valence-electron chi connectivity index (χ0n) is 9.72. The van der Waals surface area contributed by atoms with Gasteiger partial charge >= 0.3 is 0 Å². The van der Waals surface area contributed by atoms with Crippen molar-refractivity contribution in [1.29, 1.82) is 0 Å². The minimum absolute atomic E-state index is 0.0533. The van der Waals surface area contributed by atoms with Gasteiger partial charge in [-0.2, -0.15) is 11.3 Å². The van der Waals surface area contributed by atoms with Gasteiger partial charge in [0.2, 0.25) is 10.0 Å². The van der Waals surface area contributed by atoms with Crippen molar-refractivity contribution in [2.24, 2.45) is 0 Å². The van der Waals surface area contributed by atoms with Crippen LogP contribution in [-0.2, 0) is 16.4 Å². The lowest BCUT2D eigenvalue weighted by Crippen LogP contribution is -2.26. The van der Waals surface area contributed by atoms with Gasteiger partial charge in [-0.05, 0) is 34.9 Å². The number of hydrogen-bond donors (Lipinski definition) is 2. The maximum atomic E-state index is 11.9. The van der Waals surface area contributed by atoms with Gasteiger partial charge in [0.25, 0.3) is 5.56 Å². The van der Waals surface area contributed by atoms with Crippen molar-refractivity contribution in [2.75, 3.05) is 6.54 Å². The van der Waals surface area contributed by atoms with Gasteiger partial charge in [-0.3, -0.25) is 4.79 Å². The molecule has 0 radical (unpaired) electrons. The summed E-state index contributed by atoms with van der Waals surface area (Å²) in [7, 11) is -3.65. The lowest BCUT2D eigenvalue weighted by molar-refractivity contribution is 0.581. The van der Waals surface area contributed by atoms with Crippen LogP contribution >= 0.6 is 22.9 Å². The molecule has 2 heterocycles. The van der Waals surface area contributed by atoms with E-state index < -0.39 is 15.6 Å². The Morgan fingerprint density at radius 3 is 2.84 bits per heavy atom. The molecule has 0 saturated heterocycles. The molecule has 0 atom stereocenters. The van der Waals surface area contributed by atoms with Crippen LogP contribution in [0, 0.1) is 0 Å². The summed E-state index contributed by atoms with van der Waals surface area (Å²) < 4.78 is 26.3. The van der Waals surface area contributed by atoms with E-state index in [2.05, 4.69) is 9.71 Å². The Hall–Kier alpha value is -1.15. The molecule has 0 aromatic carbocycles. The number of halogens is 1. The van der Waals surface area contributed by atoms with Crippen LogP contribution in [0.2, 0.25) is 5.02 Å². The number of hydrogen-bond acceptors (Lipinski definition) is 4. The Bertz CT molecular complexity index is 708. The molecule has 0 aliphatic rings. The Kier molecular flexibility index (Phi) is 4.41. The number of rotatable bonds is 5. The first kappa shape index (κ1) is 14.3. The molecule has 19 heavy (non-hydrogen) atoms. The largest absolute Gasteiger partial charge is 0.326 e. The van der Waals surface area contributed by atoms with Crippen LogP contribution in [0.1, 0.15) is 5.56 Å². The molecule has 0 aliphatic heterocycles. The summed E-state index contributed by atoms with van der Waals surface area (Å²) in [5.41, 5.74) is 0.561. The zero-order chi connectivity index (χ0) is 13.9. The van der Waals surface area contributed by atoms with Gasteiger partial charge < -0.3 is 4.98 Å². The van der Waals surface area contributed by atoms with Crippen molar-refractivity contribution in [3.63, 3.8) is 0 Å². The van der Waals surface area contributed by atoms with E-state index in [-0.39, 0.29) is 16.5 Å². The zero-order valence-corrected chi connectivity index (χ0v) is 12.1. The topological polar surface area (TPSA) is 79.0 Å². The summed E-state index contributed by atoms with van der Waals surface area (Å²) in [5.74, 6) is 0. The van der Waals surface area contributed by atoms with E-state index in [1.54, 1.807) is 11.3 Å². The molecular formula is C11H11ClN2O3S2. The highest BCUT2D eigenvalue weighted by Gasteiger charge is 2.15. The van der Waals surface area contributed by atoms with E-state index in [1.165, 1.54) is 0 Å². The maximum absolute atomic E-state index is 11.9. The quantitative estimate of drug-likeness (QED) is 0.879. The third kappa shape index (κ3) is 3.66. The third-order valence-corrected chi connectivity index (χ3v) is 4.88. The first-order valence-corrected chi connectivity index (χ1v) is 8.18. The van der Waals surface area contributed by atoms with Crippen LogP contribution in [0.25, 0.3) is 0 Å². The predicted octanol–water partition coefficient (Wildman–Crippen LogP) is 1.61. The monoisotopic (exact) mass is 318 g/mol. The minimum Gasteiger partial charge on any atom is -0.326 e. The van der Waals surface area contributed by atoms with Crippen molar-refractivity contribution in [2.45, 2.75) is 11.3 Å². The molecule has 8 heteroatoms. The normalized spacial score (nSPS) is 11.6. The van der Waals surface area contributed by atoms with E-state index in [0.717, 1.165) is 17.8 Å². The molecule has 0 fully saturated rings. The molecule has 2 rings (SSSR count). The second-order valence-corrected chi connectivity index (χ2v) is 6.75. The molecule has 2 aromatic rings. The predicted molar refractivity (Wildman–Crippen MR) is 75.3 cm³/mol. The fraction of sp³-hybridized carbons (Fsp3) is 0.182. The van der Waals surface area contributed by atoms with E-state index in [1.807, 2.05) is 16.8 Å². The van der Waals surface area contributed by atoms with Crippen LogP contribution in [0.3, 0.4) is 0 Å². The molecule has 102 valence electrons. The van der Waals surface area contributed by atoms with Crippen LogP contribution in [0.4, 0.5) is 0 Å². The summed E-state index contributed by atoms with van der Waals surface area (Å²) in [6.45, 7) is 0.288. The summed E-state index contributed by atoms with van der Waals surface area (Å²) in [5, 5.41) is 3.75. The number of nitrogens with one attached hydrogen (secondary N) is 2. The molecule has 2 N–H and O–H groups in total. The first-order chi connectivity index (χ1) is 8.99. The summed E-state index contributed by atoms with van der Waals surface area (Å²) in [6.07, 6.45) is 1.74. The number of aromatic nitrogens is 1. The average molecular weight is 319 g/mol. The van der Waals surface area contributed by atoms with Crippen LogP contribution < -0.4 is 10.3 Å². The second-order valence-electron chi connectivity index (χ2n) is 3.79. The lowest BCUT2D eigenvalue weighted by atomic mass is 10.2. The minimum atomic E-state index is -3.65. The van der Waals surface area contributed by atoms with E-state index in [0.29, 0.717) is 6.42 Å². The van der Waals surface area contributed by atoms with Gasteiger partial charge in [0.1, 0.15) is 5.02 Å². The third-order valence-electron chi connectivity index (χ3n) is 2.43. The van der Waals surface area contributed by atoms with Gasteiger partial charge in [-0.1, -0.05) is 11.6 Å². The highest BCUT2D eigenvalue weighted by molar-refractivity contribution is 7.89. The van der Waals surface area contributed by atoms with Crippen molar-refractivity contribution in [3.05, 3.63) is 50.0 Å². The lowest BCUT2D eigenvalue weighted by Gasteiger charge is -2.06. The Morgan fingerprint density at radius 1 is 1.42 bits per heavy atom. The number of thiophene rings is 1. The summed E-state index contributed by atoms with van der Waals surface area (Å²) in [6, 6.07) is 3.07. The van der Waals surface area contributed by atoms with Crippen molar-refractivity contribution >= 4 is 33.0 Å². The van der Waals surface area contributed by atoms with Gasteiger partial charge in [0.15, 0.2) is 0 Å². The first-order valence-electron chi connectivity index (χ1n) is 5.38. The molecule has 0 saturated carbocycles. The highest BCUT2D eigenvalue weighted by atomic mass is 35.5. The summed E-state index contributed by atoms with van der Waals surface area (Å²) in [4.78, 5) is 13.3. The fourth-order valence-corrected chi connectivity index (χ4v) is 3.41. The fourth-order valence-electron chi connectivity index (χ4n) is 1.44. The molecule has 0 bridgehead atoms. The molecule has 2 aromatic heterocycles. The smallest absolute Gasteiger partial charge is 0.266 e. The standard InChI is InChI=1S/C11H11ClN2O3S2/c12-10-5-9(6-13-11(10)15)19(16,17)14-3-1-8-2-4-18-7-8/h2,4-7,14H,1,3H2,(H,13,15). The second kappa shape index (κ2) is 5.87. The molecule has 0 aliphatic carbocycles. The van der Waals surface area contributed by atoms with Crippen molar-refractivity contribution < 1.29 is 8.42 Å². The number of aromatic amines is 1. The van der Waals surface area contributed by atoms with E-state index in [9.17, 15) is 13.2 Å². The molecule has 5 nitrogen and oxygen atoms in total. The highest BCUT2D eigenvalue weighted by Crippen LogP contribution is 2.11. The van der Waals surface area contributed by atoms with Gasteiger partial charge in [-0.25, -0.2) is 13.1 Å². The Labute approximate surface area is 119 Å². The van der Waals surface area contributed by atoms with Crippen LogP contribution in [0.15, 0.2) is 38.8 Å². The van der Waals surface area contributed by atoms with Crippen molar-refractivity contribution in [3.8, 4) is 0 Å². The molecule has 0 unspecified atom stereocenters. The molecule has 0 spiro atoms. The molecule has 0 amide bonds. The van der Waals surface area contributed by atoms with Crippen molar-refractivity contribution in [1.82, 2.24) is 9.71 Å². The Balaban J connectivity index is 2.05. The number of H-pyrrole nitrogens is 1. The van der Waals surface area contributed by atoms with Crippen LogP contribution in [0.5, 0.6) is 0 Å². The van der Waals surface area contributed by atoms with E-state index >= 15 is 0 Å². The average Bonchev–Trinajstić information content (AvgIpc) is 2.85. The number of pyridine rings is 1. The SMILES string of the molecule is O=c1[nH]cc(S(=O)(=O)NCCc2ccsc2)cc1Cl. The summed E-state index contributed by atoms with van der Waals surface area (Å²) >= 11 is 7.16. The van der Waals surface area contributed by atoms with Gasteiger partial charge in [0, 0.05) is 12.7 Å². The van der Waals surface area contributed by atoms with Crippen LogP contribution in [-0.4, -0.2) is 19.9 Å². The molecular weight excluding hydrogens is 308 g/mol. The maximum Gasteiger partial charge on any atom is 0.266 e. The van der Waals surface area contributed by atoms with E-state index in [4.69, 9.17) is 11.6 Å². The van der Waals surface area contributed by atoms with Gasteiger partial charge in [0.05, 0.1) is 4.90 Å².